The van der Waals surface area contributed by atoms with Crippen molar-refractivity contribution >= 4 is 0 Å². The van der Waals surface area contributed by atoms with Crippen LogP contribution < -0.4 is 5.76 Å². The fourth-order valence-electron chi connectivity index (χ4n) is 1.32. The number of nitrogens with one attached hydrogen (secondary N) is 1. The number of hydrogen-bond acceptors (Lipinski definition) is 4. The first-order valence-electron chi connectivity index (χ1n) is 5.00. The smallest absolute Gasteiger partial charge is 0.296 e. The zero-order valence-corrected chi connectivity index (χ0v) is 9.44. The van der Waals surface area contributed by atoms with Crippen molar-refractivity contribution in [1.29, 1.82) is 0 Å². The maximum absolute atomic E-state index is 10.8. The van der Waals surface area contributed by atoms with Crippen molar-refractivity contribution in [2.45, 2.75) is 26.2 Å². The predicted molar refractivity (Wildman–Crippen MR) is 59.1 cm³/mol. The van der Waals surface area contributed by atoms with Crippen molar-refractivity contribution in [3.05, 3.63) is 34.4 Å². The van der Waals surface area contributed by atoms with Crippen molar-refractivity contribution < 1.29 is 4.52 Å². The minimum atomic E-state index is -0.573. The second kappa shape index (κ2) is 3.59. The van der Waals surface area contributed by atoms with Crippen molar-refractivity contribution in [3.8, 4) is 11.5 Å². The standard InChI is InChI=1S/C11H13N3O2/c1-11(2,3)7-4-5-8(12-6-7)9-13-10(15)16-14-9/h4-6H,1-3H3,(H,13,14,15). The summed E-state index contributed by atoms with van der Waals surface area (Å²) >= 11 is 0. The molecule has 0 aromatic carbocycles. The first-order valence-corrected chi connectivity index (χ1v) is 5.00. The van der Waals surface area contributed by atoms with Crippen LogP contribution in [0.3, 0.4) is 0 Å². The Balaban J connectivity index is 2.36. The molecular weight excluding hydrogens is 206 g/mol. The van der Waals surface area contributed by atoms with E-state index in [-0.39, 0.29) is 5.41 Å². The van der Waals surface area contributed by atoms with Crippen LogP contribution in [-0.2, 0) is 5.41 Å². The van der Waals surface area contributed by atoms with E-state index in [4.69, 9.17) is 0 Å². The van der Waals surface area contributed by atoms with Crippen molar-refractivity contribution in [2.75, 3.05) is 0 Å². The molecule has 0 aliphatic carbocycles. The Hall–Kier alpha value is -1.91. The van der Waals surface area contributed by atoms with Gasteiger partial charge in [-0.2, -0.15) is 0 Å². The highest BCUT2D eigenvalue weighted by molar-refractivity contribution is 5.48. The molecule has 0 spiro atoms. The van der Waals surface area contributed by atoms with E-state index < -0.39 is 5.76 Å². The van der Waals surface area contributed by atoms with E-state index in [1.54, 1.807) is 6.20 Å². The van der Waals surface area contributed by atoms with Gasteiger partial charge in [-0.3, -0.25) is 14.5 Å². The Morgan fingerprint density at radius 1 is 1.31 bits per heavy atom. The summed E-state index contributed by atoms with van der Waals surface area (Å²) in [5, 5.41) is 3.57. The topological polar surface area (TPSA) is 71.8 Å². The molecule has 0 saturated heterocycles. The SMILES string of the molecule is CC(C)(C)c1ccc(-c2noc(=O)[nH]2)nc1. The molecule has 0 fully saturated rings. The molecule has 0 unspecified atom stereocenters. The minimum absolute atomic E-state index is 0.0583. The predicted octanol–water partition coefficient (Wildman–Crippen LogP) is 1.72. The van der Waals surface area contributed by atoms with Crippen LogP contribution in [0.15, 0.2) is 27.6 Å². The number of H-pyrrole nitrogens is 1. The largest absolute Gasteiger partial charge is 0.439 e. The lowest BCUT2D eigenvalue weighted by atomic mass is 9.88. The Morgan fingerprint density at radius 3 is 2.50 bits per heavy atom. The molecule has 84 valence electrons. The fourth-order valence-corrected chi connectivity index (χ4v) is 1.32. The van der Waals surface area contributed by atoms with Gasteiger partial charge in [-0.25, -0.2) is 4.79 Å². The number of nitrogens with zero attached hydrogens (tertiary/aromatic N) is 2. The van der Waals surface area contributed by atoms with Gasteiger partial charge in [-0.1, -0.05) is 32.0 Å². The number of rotatable bonds is 1. The van der Waals surface area contributed by atoms with Gasteiger partial charge in [-0.05, 0) is 17.0 Å². The zero-order chi connectivity index (χ0) is 11.8. The maximum Gasteiger partial charge on any atom is 0.439 e. The summed E-state index contributed by atoms with van der Waals surface area (Å²) in [4.78, 5) is 17.5. The Bertz CT molecular complexity index is 531. The summed E-state index contributed by atoms with van der Waals surface area (Å²) in [7, 11) is 0. The average Bonchev–Trinajstić information content (AvgIpc) is 2.64. The summed E-state index contributed by atoms with van der Waals surface area (Å²) < 4.78 is 4.42. The third-order valence-electron chi connectivity index (χ3n) is 2.31. The molecule has 0 bridgehead atoms. The zero-order valence-electron chi connectivity index (χ0n) is 9.44. The fraction of sp³-hybridized carbons (Fsp3) is 0.364. The Kier molecular flexibility index (Phi) is 2.38. The molecule has 2 aromatic rings. The van der Waals surface area contributed by atoms with E-state index in [9.17, 15) is 4.79 Å². The normalized spacial score (nSPS) is 11.7. The monoisotopic (exact) mass is 219 g/mol. The van der Waals surface area contributed by atoms with Gasteiger partial charge in [0.25, 0.3) is 0 Å². The summed E-state index contributed by atoms with van der Waals surface area (Å²) in [6.07, 6.45) is 1.78. The van der Waals surface area contributed by atoms with Crippen LogP contribution in [-0.4, -0.2) is 15.1 Å². The number of hydrogen-bond donors (Lipinski definition) is 1. The van der Waals surface area contributed by atoms with Crippen LogP contribution in [0.1, 0.15) is 26.3 Å². The van der Waals surface area contributed by atoms with Gasteiger partial charge in [0, 0.05) is 6.20 Å². The van der Waals surface area contributed by atoms with E-state index in [1.165, 1.54) is 0 Å². The highest BCUT2D eigenvalue weighted by Crippen LogP contribution is 2.22. The first-order chi connectivity index (χ1) is 7.47. The van der Waals surface area contributed by atoms with Gasteiger partial charge in [0.05, 0.1) is 0 Å². The molecule has 2 heterocycles. The highest BCUT2D eigenvalue weighted by atomic mass is 16.5. The average molecular weight is 219 g/mol. The van der Waals surface area contributed by atoms with E-state index >= 15 is 0 Å². The van der Waals surface area contributed by atoms with Crippen LogP contribution in [0.25, 0.3) is 11.5 Å². The van der Waals surface area contributed by atoms with Gasteiger partial charge < -0.3 is 0 Å². The van der Waals surface area contributed by atoms with E-state index in [0.29, 0.717) is 11.5 Å². The molecule has 2 aromatic heterocycles. The molecule has 0 aliphatic rings. The molecule has 5 heteroatoms. The van der Waals surface area contributed by atoms with Crippen molar-refractivity contribution in [3.63, 3.8) is 0 Å². The quantitative estimate of drug-likeness (QED) is 0.792. The number of pyridine rings is 1. The van der Waals surface area contributed by atoms with Crippen molar-refractivity contribution in [1.82, 2.24) is 15.1 Å². The molecule has 2 rings (SSSR count). The lowest BCUT2D eigenvalue weighted by Crippen LogP contribution is -2.11. The van der Waals surface area contributed by atoms with Gasteiger partial charge in [0.2, 0.25) is 5.82 Å². The van der Waals surface area contributed by atoms with Crippen molar-refractivity contribution in [2.24, 2.45) is 0 Å². The van der Waals surface area contributed by atoms with Crippen LogP contribution in [0.4, 0.5) is 0 Å². The van der Waals surface area contributed by atoms with Crippen LogP contribution >= 0.6 is 0 Å². The van der Waals surface area contributed by atoms with Crippen LogP contribution in [0.5, 0.6) is 0 Å². The molecule has 1 N–H and O–H groups in total. The molecule has 0 amide bonds. The third kappa shape index (κ3) is 2.03. The minimum Gasteiger partial charge on any atom is -0.296 e. The summed E-state index contributed by atoms with van der Waals surface area (Å²) in [5.41, 5.74) is 1.78. The Morgan fingerprint density at radius 2 is 2.06 bits per heavy atom. The summed E-state index contributed by atoms with van der Waals surface area (Å²) in [6.45, 7) is 6.34. The molecular formula is C11H13N3O2. The third-order valence-corrected chi connectivity index (χ3v) is 2.31. The first kappa shape index (κ1) is 10.6. The number of aromatic amines is 1. The molecule has 0 saturated carbocycles. The molecule has 0 aliphatic heterocycles. The second-order valence-corrected chi connectivity index (χ2v) is 4.63. The van der Waals surface area contributed by atoms with Gasteiger partial charge in [-0.15, -0.1) is 0 Å². The molecule has 16 heavy (non-hydrogen) atoms. The second-order valence-electron chi connectivity index (χ2n) is 4.63. The highest BCUT2D eigenvalue weighted by Gasteiger charge is 2.14. The van der Waals surface area contributed by atoms with E-state index in [0.717, 1.165) is 5.56 Å². The number of aromatic nitrogens is 3. The maximum atomic E-state index is 10.8. The van der Waals surface area contributed by atoms with Gasteiger partial charge >= 0.3 is 5.76 Å². The van der Waals surface area contributed by atoms with Crippen LogP contribution in [0.2, 0.25) is 0 Å². The molecule has 0 atom stereocenters. The molecule has 5 nitrogen and oxygen atoms in total. The lowest BCUT2D eigenvalue weighted by molar-refractivity contribution is 0.387. The lowest BCUT2D eigenvalue weighted by Gasteiger charge is -2.18. The van der Waals surface area contributed by atoms with Gasteiger partial charge in [0.15, 0.2) is 0 Å². The Labute approximate surface area is 92.5 Å². The van der Waals surface area contributed by atoms with E-state index in [2.05, 4.69) is 40.4 Å². The van der Waals surface area contributed by atoms with E-state index in [1.807, 2.05) is 12.1 Å². The van der Waals surface area contributed by atoms with Gasteiger partial charge in [0.1, 0.15) is 5.69 Å². The summed E-state index contributed by atoms with van der Waals surface area (Å²) in [6, 6.07) is 3.78. The summed E-state index contributed by atoms with van der Waals surface area (Å²) in [5.74, 6) is -0.220. The molecule has 0 radical (unpaired) electrons. The van der Waals surface area contributed by atoms with Crippen LogP contribution in [0, 0.1) is 0 Å².